The molecule has 2 aromatic rings. The van der Waals surface area contributed by atoms with Crippen LogP contribution in [-0.2, 0) is 32.3 Å². The number of nitrogens with zero attached hydrogens (tertiary/aromatic N) is 2. The standard InChI is InChI=1S/C20H20F2N3O9P/c1-20-16(32-19(27)33-20)14(31-17(20)25-4-2-15(23)24-18(25)26)9-30-35(28)29-5-3-13(34-35)10-6-11(21)8-12(22)7-10/h2,4,6-8,13-14,16-17H,3,5,9H2,1H3,(H2,23,24,26)/t13?,14-,16-,17-,20-,35?/m1/s1. The Kier molecular flexibility index (Phi) is 5.88. The molecule has 1 aromatic heterocycles. The first-order valence-electron chi connectivity index (χ1n) is 10.5. The van der Waals surface area contributed by atoms with E-state index in [2.05, 4.69) is 4.98 Å². The van der Waals surface area contributed by atoms with Gasteiger partial charge in [-0.2, -0.15) is 4.98 Å². The van der Waals surface area contributed by atoms with Crippen LogP contribution in [0.1, 0.15) is 31.2 Å². The van der Waals surface area contributed by atoms with Gasteiger partial charge in [0, 0.05) is 18.7 Å². The average Bonchev–Trinajstić information content (AvgIpc) is 3.21. The summed E-state index contributed by atoms with van der Waals surface area (Å²) < 4.78 is 73.9. The van der Waals surface area contributed by atoms with Gasteiger partial charge in [-0.05, 0) is 30.7 Å². The molecule has 3 aliphatic rings. The number of nitrogens with two attached hydrogens (primary N) is 1. The Balaban J connectivity index is 1.33. The third-order valence-electron chi connectivity index (χ3n) is 5.87. The molecule has 0 spiro atoms. The highest BCUT2D eigenvalue weighted by atomic mass is 31.2. The van der Waals surface area contributed by atoms with E-state index < -0.39 is 68.0 Å². The average molecular weight is 515 g/mol. The molecule has 0 bridgehead atoms. The Morgan fingerprint density at radius 3 is 2.74 bits per heavy atom. The van der Waals surface area contributed by atoms with E-state index in [1.165, 1.54) is 19.2 Å². The number of nitrogen functional groups attached to an aromatic ring is 1. The maximum absolute atomic E-state index is 13.6. The minimum Gasteiger partial charge on any atom is -0.424 e. The van der Waals surface area contributed by atoms with Gasteiger partial charge in [-0.1, -0.05) is 0 Å². The number of aromatic nitrogens is 2. The second kappa shape index (κ2) is 8.64. The second-order valence-electron chi connectivity index (χ2n) is 8.31. The zero-order chi connectivity index (χ0) is 25.0. The van der Waals surface area contributed by atoms with Gasteiger partial charge in [-0.15, -0.1) is 0 Å². The van der Waals surface area contributed by atoms with Gasteiger partial charge in [0.25, 0.3) is 0 Å². The Morgan fingerprint density at radius 1 is 1.29 bits per heavy atom. The van der Waals surface area contributed by atoms with Gasteiger partial charge >= 0.3 is 19.7 Å². The van der Waals surface area contributed by atoms with Crippen molar-refractivity contribution in [2.45, 2.75) is 43.5 Å². The van der Waals surface area contributed by atoms with Crippen molar-refractivity contribution >= 4 is 19.8 Å². The van der Waals surface area contributed by atoms with Crippen molar-refractivity contribution in [1.82, 2.24) is 9.55 Å². The molecule has 5 rings (SSSR count). The van der Waals surface area contributed by atoms with Crippen LogP contribution in [0, 0.1) is 11.6 Å². The van der Waals surface area contributed by atoms with Crippen LogP contribution in [0.5, 0.6) is 0 Å². The lowest BCUT2D eigenvalue weighted by Crippen LogP contribution is -2.44. The molecule has 35 heavy (non-hydrogen) atoms. The molecule has 0 amide bonds. The number of hydrogen-bond acceptors (Lipinski definition) is 11. The van der Waals surface area contributed by atoms with Gasteiger partial charge in [0.15, 0.2) is 17.9 Å². The summed E-state index contributed by atoms with van der Waals surface area (Å²) in [5.41, 5.74) is 3.47. The summed E-state index contributed by atoms with van der Waals surface area (Å²) in [6, 6.07) is 4.19. The number of halogens is 2. The first kappa shape index (κ1) is 23.8. The van der Waals surface area contributed by atoms with E-state index in [1.54, 1.807) is 0 Å². The summed E-state index contributed by atoms with van der Waals surface area (Å²) in [7, 11) is -4.20. The number of ether oxygens (including phenoxy) is 3. The van der Waals surface area contributed by atoms with Crippen molar-refractivity contribution in [3.63, 3.8) is 0 Å². The van der Waals surface area contributed by atoms with Crippen LogP contribution in [-0.4, -0.2) is 46.7 Å². The number of carbonyl (C=O) groups excluding carboxylic acids is 1. The molecular formula is C20H20F2N3O9P. The Labute approximate surface area is 196 Å². The summed E-state index contributed by atoms with van der Waals surface area (Å²) in [5.74, 6) is -1.64. The zero-order valence-electron chi connectivity index (χ0n) is 18.2. The minimum atomic E-state index is -4.20. The number of benzene rings is 1. The summed E-state index contributed by atoms with van der Waals surface area (Å²) in [4.78, 5) is 27.9. The van der Waals surface area contributed by atoms with Crippen molar-refractivity contribution in [1.29, 1.82) is 0 Å². The van der Waals surface area contributed by atoms with Crippen LogP contribution in [0.4, 0.5) is 19.4 Å². The Hall–Kier alpha value is -2.90. The molecule has 188 valence electrons. The molecule has 6 atom stereocenters. The van der Waals surface area contributed by atoms with E-state index in [4.69, 9.17) is 33.5 Å². The van der Waals surface area contributed by atoms with Crippen LogP contribution in [0.25, 0.3) is 0 Å². The van der Waals surface area contributed by atoms with Gasteiger partial charge < -0.3 is 19.9 Å². The third kappa shape index (κ3) is 4.43. The third-order valence-corrected chi connectivity index (χ3v) is 7.34. The molecule has 12 nitrogen and oxygen atoms in total. The fourth-order valence-electron chi connectivity index (χ4n) is 4.29. The van der Waals surface area contributed by atoms with E-state index in [9.17, 15) is 22.9 Å². The Bertz CT molecular complexity index is 1260. The number of hydrogen-bond donors (Lipinski definition) is 1. The molecule has 2 unspecified atom stereocenters. The van der Waals surface area contributed by atoms with Crippen LogP contribution in [0.2, 0.25) is 0 Å². The summed E-state index contributed by atoms with van der Waals surface area (Å²) >= 11 is 0. The topological polar surface area (TPSA) is 150 Å². The number of carbonyl (C=O) groups is 1. The lowest BCUT2D eigenvalue weighted by molar-refractivity contribution is -0.0959. The smallest absolute Gasteiger partial charge is 0.424 e. The highest BCUT2D eigenvalue weighted by Gasteiger charge is 2.64. The first-order valence-corrected chi connectivity index (χ1v) is 12.0. The lowest BCUT2D eigenvalue weighted by Gasteiger charge is -2.30. The highest BCUT2D eigenvalue weighted by Crippen LogP contribution is 2.58. The largest absolute Gasteiger partial charge is 0.509 e. The van der Waals surface area contributed by atoms with Crippen LogP contribution in [0.3, 0.4) is 0 Å². The predicted octanol–water partition coefficient (Wildman–Crippen LogP) is 2.60. The monoisotopic (exact) mass is 515 g/mol. The van der Waals surface area contributed by atoms with E-state index in [0.29, 0.717) is 6.07 Å². The van der Waals surface area contributed by atoms with Crippen molar-refractivity contribution in [3.8, 4) is 0 Å². The molecule has 4 heterocycles. The van der Waals surface area contributed by atoms with Crippen molar-refractivity contribution in [2.75, 3.05) is 18.9 Å². The number of phosphoric acid groups is 1. The second-order valence-corrected chi connectivity index (χ2v) is 9.93. The molecular weight excluding hydrogens is 495 g/mol. The van der Waals surface area contributed by atoms with Crippen molar-refractivity contribution in [3.05, 3.63) is 58.1 Å². The molecule has 15 heteroatoms. The quantitative estimate of drug-likeness (QED) is 0.462. The van der Waals surface area contributed by atoms with E-state index in [0.717, 1.165) is 16.7 Å². The Morgan fingerprint density at radius 2 is 2.03 bits per heavy atom. The van der Waals surface area contributed by atoms with Gasteiger partial charge in [0.1, 0.15) is 23.6 Å². The molecule has 0 aliphatic carbocycles. The van der Waals surface area contributed by atoms with E-state index >= 15 is 0 Å². The predicted molar refractivity (Wildman–Crippen MR) is 111 cm³/mol. The highest BCUT2D eigenvalue weighted by molar-refractivity contribution is 7.48. The van der Waals surface area contributed by atoms with Crippen LogP contribution in [0.15, 0.2) is 35.3 Å². The van der Waals surface area contributed by atoms with Crippen LogP contribution >= 0.6 is 7.82 Å². The van der Waals surface area contributed by atoms with E-state index in [1.807, 2.05) is 0 Å². The number of phosphoric ester groups is 1. The maximum Gasteiger partial charge on any atom is 0.509 e. The molecule has 3 aliphatic heterocycles. The fourth-order valence-corrected chi connectivity index (χ4v) is 5.69. The molecule has 2 N–H and O–H groups in total. The molecule has 3 saturated heterocycles. The SMILES string of the molecule is C[C@@]12OC(=O)O[C@@H]1[C@@H](COP1(=O)OCCC(c3cc(F)cc(F)c3)O1)O[C@H]2n1ccc(N)nc1=O. The summed E-state index contributed by atoms with van der Waals surface area (Å²) in [6.07, 6.45) is -3.69. The number of fused-ring (bicyclic) bond motifs is 1. The minimum absolute atomic E-state index is 0.0112. The fraction of sp³-hybridized carbons (Fsp3) is 0.450. The van der Waals surface area contributed by atoms with Crippen molar-refractivity contribution < 1.29 is 45.9 Å². The summed E-state index contributed by atoms with van der Waals surface area (Å²) in [5, 5.41) is 0. The van der Waals surface area contributed by atoms with Gasteiger partial charge in [0.05, 0.1) is 19.3 Å². The summed E-state index contributed by atoms with van der Waals surface area (Å²) in [6.45, 7) is 0.978. The number of rotatable bonds is 5. The molecule has 0 saturated carbocycles. The van der Waals surface area contributed by atoms with Gasteiger partial charge in [-0.3, -0.25) is 18.1 Å². The zero-order valence-corrected chi connectivity index (χ0v) is 19.1. The first-order chi connectivity index (χ1) is 16.6. The molecule has 3 fully saturated rings. The number of anilines is 1. The molecule has 1 aromatic carbocycles. The van der Waals surface area contributed by atoms with Crippen LogP contribution < -0.4 is 11.4 Å². The normalized spacial score (nSPS) is 34.3. The molecule has 0 radical (unpaired) electrons. The lowest BCUT2D eigenvalue weighted by atomic mass is 9.96. The maximum atomic E-state index is 13.6. The van der Waals surface area contributed by atoms with E-state index in [-0.39, 0.29) is 24.4 Å². The van der Waals surface area contributed by atoms with Gasteiger partial charge in [-0.25, -0.2) is 22.9 Å². The van der Waals surface area contributed by atoms with Gasteiger partial charge in [0.2, 0.25) is 0 Å². The van der Waals surface area contributed by atoms with Crippen molar-refractivity contribution in [2.24, 2.45) is 0 Å².